The van der Waals surface area contributed by atoms with E-state index in [1.165, 1.54) is 27.1 Å². The van der Waals surface area contributed by atoms with Crippen molar-refractivity contribution in [3.63, 3.8) is 0 Å². The summed E-state index contributed by atoms with van der Waals surface area (Å²) in [5, 5.41) is 4.74. The number of para-hydroxylation sites is 3. The minimum Gasteiger partial charge on any atom is -0.307 e. The van der Waals surface area contributed by atoms with Gasteiger partial charge >= 0.3 is 0 Å². The summed E-state index contributed by atoms with van der Waals surface area (Å²) in [6, 6.07) is 32.0. The Bertz CT molecular complexity index is 2100. The summed E-state index contributed by atoms with van der Waals surface area (Å²) in [6.07, 6.45) is 5.08. The molecule has 168 valence electrons. The van der Waals surface area contributed by atoms with E-state index >= 15 is 0 Å². The molecular formula is C30H18N6. The number of rotatable bonds is 2. The van der Waals surface area contributed by atoms with Crippen molar-refractivity contribution >= 4 is 54.9 Å². The second-order valence-corrected chi connectivity index (χ2v) is 8.83. The molecule has 4 heterocycles. The van der Waals surface area contributed by atoms with E-state index < -0.39 is 0 Å². The van der Waals surface area contributed by atoms with E-state index in [0.717, 1.165) is 22.2 Å². The van der Waals surface area contributed by atoms with Crippen LogP contribution in [-0.2, 0) is 0 Å². The lowest BCUT2D eigenvalue weighted by Gasteiger charge is -2.11. The first-order valence-electron chi connectivity index (χ1n) is 11.8. The van der Waals surface area contributed by atoms with Gasteiger partial charge < -0.3 is 4.57 Å². The molecular weight excluding hydrogens is 444 g/mol. The monoisotopic (exact) mass is 462 g/mol. The Hall–Kier alpha value is -5.10. The molecule has 0 atom stereocenters. The van der Waals surface area contributed by atoms with Crippen molar-refractivity contribution in [2.45, 2.75) is 0 Å². The van der Waals surface area contributed by atoms with Gasteiger partial charge in [-0.1, -0.05) is 66.7 Å². The summed E-state index contributed by atoms with van der Waals surface area (Å²) >= 11 is 0. The highest BCUT2D eigenvalue weighted by Crippen LogP contribution is 2.41. The fourth-order valence-corrected chi connectivity index (χ4v) is 5.44. The quantitative estimate of drug-likeness (QED) is 0.290. The maximum Gasteiger partial charge on any atom is 0.199 e. The van der Waals surface area contributed by atoms with Gasteiger partial charge in [0.05, 0.1) is 28.3 Å². The first-order valence-corrected chi connectivity index (χ1v) is 11.8. The zero-order valence-corrected chi connectivity index (χ0v) is 19.1. The fourth-order valence-electron chi connectivity index (χ4n) is 5.44. The number of aromatic nitrogens is 6. The normalized spacial score (nSPS) is 11.9. The minimum atomic E-state index is 0.525. The number of hydrogen-bond acceptors (Lipinski definition) is 4. The predicted octanol–water partition coefficient (Wildman–Crippen LogP) is 6.61. The van der Waals surface area contributed by atoms with Crippen molar-refractivity contribution in [3.8, 4) is 11.5 Å². The minimum absolute atomic E-state index is 0.525. The van der Waals surface area contributed by atoms with Gasteiger partial charge in [-0.2, -0.15) is 0 Å². The third-order valence-corrected chi connectivity index (χ3v) is 6.90. The van der Waals surface area contributed by atoms with Gasteiger partial charge in [-0.3, -0.25) is 4.57 Å². The molecule has 0 spiro atoms. The molecule has 0 amide bonds. The molecule has 0 bridgehead atoms. The SMILES string of the molecule is c1ccc(-n2c3ccccc3c3ccc4c5ccccc5n(-c5cnc6nccnc6n5)c4c32)cc1. The van der Waals surface area contributed by atoms with Gasteiger partial charge in [0.25, 0.3) is 0 Å². The Morgan fingerprint density at radius 1 is 0.472 bits per heavy atom. The van der Waals surface area contributed by atoms with Crippen LogP contribution in [0.25, 0.3) is 66.4 Å². The molecule has 0 saturated carbocycles. The van der Waals surface area contributed by atoms with E-state index in [9.17, 15) is 0 Å². The second kappa shape index (κ2) is 7.20. The van der Waals surface area contributed by atoms with E-state index in [4.69, 9.17) is 4.98 Å². The molecule has 0 saturated heterocycles. The summed E-state index contributed by atoms with van der Waals surface area (Å²) in [6.45, 7) is 0. The van der Waals surface area contributed by atoms with Crippen LogP contribution >= 0.6 is 0 Å². The number of fused-ring (bicyclic) bond motifs is 8. The summed E-state index contributed by atoms with van der Waals surface area (Å²) < 4.78 is 4.57. The van der Waals surface area contributed by atoms with Crippen LogP contribution in [0, 0.1) is 0 Å². The van der Waals surface area contributed by atoms with Crippen molar-refractivity contribution < 1.29 is 0 Å². The molecule has 4 aromatic heterocycles. The molecule has 0 radical (unpaired) electrons. The van der Waals surface area contributed by atoms with Gasteiger partial charge in [0.2, 0.25) is 0 Å². The molecule has 36 heavy (non-hydrogen) atoms. The average Bonchev–Trinajstić information content (AvgIpc) is 3.46. The molecule has 4 aromatic carbocycles. The van der Waals surface area contributed by atoms with Crippen LogP contribution in [0.15, 0.2) is 110 Å². The van der Waals surface area contributed by atoms with Crippen LogP contribution < -0.4 is 0 Å². The first kappa shape index (κ1) is 19.2. The van der Waals surface area contributed by atoms with Crippen molar-refractivity contribution in [2.75, 3.05) is 0 Å². The van der Waals surface area contributed by atoms with Crippen molar-refractivity contribution in [1.82, 2.24) is 29.1 Å². The largest absolute Gasteiger partial charge is 0.307 e. The molecule has 0 unspecified atom stereocenters. The number of nitrogens with zero attached hydrogens (tertiary/aromatic N) is 6. The third kappa shape index (κ3) is 2.55. The van der Waals surface area contributed by atoms with Crippen LogP contribution in [0.1, 0.15) is 0 Å². The Morgan fingerprint density at radius 2 is 1.06 bits per heavy atom. The van der Waals surface area contributed by atoms with E-state index in [1.807, 2.05) is 0 Å². The zero-order chi connectivity index (χ0) is 23.6. The van der Waals surface area contributed by atoms with Crippen LogP contribution in [-0.4, -0.2) is 29.1 Å². The summed E-state index contributed by atoms with van der Waals surface area (Å²) in [4.78, 5) is 18.2. The highest BCUT2D eigenvalue weighted by atomic mass is 15.1. The topological polar surface area (TPSA) is 61.4 Å². The van der Waals surface area contributed by atoms with Gasteiger partial charge in [-0.15, -0.1) is 0 Å². The van der Waals surface area contributed by atoms with E-state index in [-0.39, 0.29) is 0 Å². The Labute approximate surface area is 205 Å². The van der Waals surface area contributed by atoms with E-state index in [1.54, 1.807) is 18.6 Å². The fraction of sp³-hybridized carbons (Fsp3) is 0. The van der Waals surface area contributed by atoms with E-state index in [0.29, 0.717) is 17.1 Å². The van der Waals surface area contributed by atoms with Crippen molar-refractivity contribution in [1.29, 1.82) is 0 Å². The first-order chi connectivity index (χ1) is 17.9. The van der Waals surface area contributed by atoms with Gasteiger partial charge in [-0.05, 0) is 24.3 Å². The summed E-state index contributed by atoms with van der Waals surface area (Å²) in [5.41, 5.74) is 6.63. The second-order valence-electron chi connectivity index (χ2n) is 8.83. The molecule has 0 fully saturated rings. The number of hydrogen-bond donors (Lipinski definition) is 0. The molecule has 0 aliphatic rings. The third-order valence-electron chi connectivity index (χ3n) is 6.90. The van der Waals surface area contributed by atoms with Crippen LogP contribution in [0.2, 0.25) is 0 Å². The van der Waals surface area contributed by atoms with Gasteiger partial charge in [0.15, 0.2) is 17.1 Å². The Morgan fingerprint density at radius 3 is 1.78 bits per heavy atom. The average molecular weight is 463 g/mol. The molecule has 0 aliphatic heterocycles. The molecule has 8 aromatic rings. The van der Waals surface area contributed by atoms with Gasteiger partial charge in [-0.25, -0.2) is 19.9 Å². The predicted molar refractivity (Wildman–Crippen MR) is 144 cm³/mol. The van der Waals surface area contributed by atoms with Crippen LogP contribution in [0.4, 0.5) is 0 Å². The highest BCUT2D eigenvalue weighted by Gasteiger charge is 2.21. The lowest BCUT2D eigenvalue weighted by Crippen LogP contribution is -2.02. The van der Waals surface area contributed by atoms with Crippen molar-refractivity contribution in [2.24, 2.45) is 0 Å². The van der Waals surface area contributed by atoms with Gasteiger partial charge in [0.1, 0.15) is 0 Å². The molecule has 6 heteroatoms. The molecule has 0 N–H and O–H groups in total. The van der Waals surface area contributed by atoms with Crippen LogP contribution in [0.3, 0.4) is 0 Å². The number of benzene rings is 4. The smallest absolute Gasteiger partial charge is 0.199 e. The summed E-state index contributed by atoms with van der Waals surface area (Å²) in [5.74, 6) is 0.714. The Balaban J connectivity index is 1.64. The molecule has 8 rings (SSSR count). The maximum absolute atomic E-state index is 4.90. The molecule has 0 aliphatic carbocycles. The lowest BCUT2D eigenvalue weighted by atomic mass is 10.1. The zero-order valence-electron chi connectivity index (χ0n) is 19.1. The Kier molecular flexibility index (Phi) is 3.85. The lowest BCUT2D eigenvalue weighted by molar-refractivity contribution is 1.04. The maximum atomic E-state index is 4.90. The van der Waals surface area contributed by atoms with Crippen LogP contribution in [0.5, 0.6) is 0 Å². The molecule has 6 nitrogen and oxygen atoms in total. The standard InChI is InChI=1S/C30H18N6/c1-2-8-19(9-3-1)35-24-12-6-4-10-20(24)22-14-15-23-21-11-5-7-13-25(21)36(28(23)27(22)35)26-18-33-29-30(34-26)32-17-16-31-29/h1-18H. The summed E-state index contributed by atoms with van der Waals surface area (Å²) in [7, 11) is 0. The van der Waals surface area contributed by atoms with Gasteiger partial charge in [0, 0.05) is 39.6 Å². The van der Waals surface area contributed by atoms with E-state index in [2.05, 4.69) is 115 Å². The highest BCUT2D eigenvalue weighted by molar-refractivity contribution is 6.23. The van der Waals surface area contributed by atoms with Crippen molar-refractivity contribution in [3.05, 3.63) is 110 Å².